The van der Waals surface area contributed by atoms with Crippen LogP contribution in [-0.2, 0) is 19.1 Å². The molecular weight excluding hydrogens is 881 g/mol. The first kappa shape index (κ1) is 47.1. The third kappa shape index (κ3) is 10.4. The largest absolute Gasteiger partial charge is 0.497 e. The first-order chi connectivity index (χ1) is 31.9. The zero-order valence-electron chi connectivity index (χ0n) is 38.0. The Balaban J connectivity index is 0.943. The summed E-state index contributed by atoms with van der Waals surface area (Å²) in [7, 11) is 3.17. The first-order valence-corrected chi connectivity index (χ1v) is 24.6. The van der Waals surface area contributed by atoms with Gasteiger partial charge >= 0.3 is 11.9 Å². The highest BCUT2D eigenvalue weighted by Crippen LogP contribution is 2.32. The van der Waals surface area contributed by atoms with Crippen LogP contribution < -0.4 is 9.47 Å². The molecule has 4 atom stereocenters. The molecule has 0 radical (unpaired) electrons. The van der Waals surface area contributed by atoms with Crippen LogP contribution in [0, 0.1) is 25.7 Å². The highest BCUT2D eigenvalue weighted by Gasteiger charge is 2.44. The van der Waals surface area contributed by atoms with E-state index in [1.807, 2.05) is 36.7 Å². The molecule has 0 bridgehead atoms. The summed E-state index contributed by atoms with van der Waals surface area (Å²) in [6.07, 6.45) is 1.57. The molecule has 2 aromatic heterocycles. The van der Waals surface area contributed by atoms with E-state index in [0.29, 0.717) is 110 Å². The summed E-state index contributed by atoms with van der Waals surface area (Å²) in [4.78, 5) is 91.7. The summed E-state index contributed by atoms with van der Waals surface area (Å²) in [5, 5.41) is 3.80. The van der Waals surface area contributed by atoms with E-state index in [1.165, 1.54) is 22.7 Å². The summed E-state index contributed by atoms with van der Waals surface area (Å²) in [5.41, 5.74) is 3.05. The minimum atomic E-state index is -1.10. The molecule has 0 N–H and O–H groups in total. The molecule has 0 spiro atoms. The van der Waals surface area contributed by atoms with E-state index in [1.54, 1.807) is 72.6 Å². The Kier molecular flexibility index (Phi) is 15.0. The average molecular weight is 939 g/mol. The molecule has 4 aliphatic heterocycles. The number of carbonyl (C=O) groups excluding carboxylic acids is 6. The number of thiophene rings is 2. The van der Waals surface area contributed by atoms with Crippen LogP contribution in [0.15, 0.2) is 71.4 Å². The van der Waals surface area contributed by atoms with Gasteiger partial charge in [-0.25, -0.2) is 9.59 Å². The molecule has 2 amide bonds. The Morgan fingerprint density at radius 1 is 0.500 bits per heavy atom. The van der Waals surface area contributed by atoms with Crippen LogP contribution in [0.5, 0.6) is 11.5 Å². The lowest BCUT2D eigenvalue weighted by atomic mass is 9.87. The second-order valence-corrected chi connectivity index (χ2v) is 19.6. The maximum Gasteiger partial charge on any atom is 0.417 e. The van der Waals surface area contributed by atoms with Crippen LogP contribution in [0.25, 0.3) is 0 Å². The molecule has 350 valence electrons. The standard InChI is InChI=1S/C50H58N4O10S2/c1-31-19-27-65-45(31)47(57)53-25-17-41(39(29-53)51-21-13-35(14-22-51)43(55)33-5-9-37(61-3)10-6-33)63-49(59)50(60)64-42-18-26-54(48(58)46-32(2)20-28-66-46)30-40(42)52-23-15-36(16-24-52)44(56)34-7-11-38(62-4)12-8-34/h5-12,19-20,27-28,35-36,39-42H,13-18,21-26,29-30H2,1-4H3. The predicted molar refractivity (Wildman–Crippen MR) is 250 cm³/mol. The lowest BCUT2D eigenvalue weighted by Crippen LogP contribution is -2.60. The number of Topliss-reactive ketones (excluding diaryl/α,β-unsaturated/α-hetero) is 2. The molecule has 4 unspecified atom stereocenters. The predicted octanol–water partition coefficient (Wildman–Crippen LogP) is 6.59. The lowest BCUT2D eigenvalue weighted by Gasteiger charge is -2.46. The van der Waals surface area contributed by atoms with Crippen molar-refractivity contribution in [1.82, 2.24) is 19.6 Å². The van der Waals surface area contributed by atoms with Gasteiger partial charge in [-0.1, -0.05) is 0 Å². The maximum atomic E-state index is 13.9. The fourth-order valence-electron chi connectivity index (χ4n) is 9.98. The van der Waals surface area contributed by atoms with Gasteiger partial charge in [-0.3, -0.25) is 29.0 Å². The van der Waals surface area contributed by atoms with Gasteiger partial charge in [0.05, 0.1) is 36.1 Å². The molecule has 8 rings (SSSR count). The van der Waals surface area contributed by atoms with E-state index in [-0.39, 0.29) is 48.3 Å². The van der Waals surface area contributed by atoms with Crippen molar-refractivity contribution in [3.8, 4) is 11.5 Å². The van der Waals surface area contributed by atoms with Crippen LogP contribution in [0.2, 0.25) is 0 Å². The van der Waals surface area contributed by atoms with Gasteiger partial charge in [0.15, 0.2) is 11.6 Å². The molecule has 0 aliphatic carbocycles. The van der Waals surface area contributed by atoms with E-state index < -0.39 is 36.2 Å². The van der Waals surface area contributed by atoms with Gasteiger partial charge in [0.25, 0.3) is 11.8 Å². The van der Waals surface area contributed by atoms with Crippen molar-refractivity contribution in [1.29, 1.82) is 0 Å². The Morgan fingerprint density at radius 2 is 0.864 bits per heavy atom. The zero-order chi connectivity index (χ0) is 46.5. The number of ketones is 2. The molecule has 16 heteroatoms. The van der Waals surface area contributed by atoms with E-state index in [4.69, 9.17) is 18.9 Å². The van der Waals surface area contributed by atoms with Crippen molar-refractivity contribution >= 4 is 58.0 Å². The highest BCUT2D eigenvalue weighted by atomic mass is 32.1. The van der Waals surface area contributed by atoms with Crippen LogP contribution in [0.4, 0.5) is 0 Å². The van der Waals surface area contributed by atoms with Gasteiger partial charge in [0.1, 0.15) is 23.7 Å². The van der Waals surface area contributed by atoms with Crippen molar-refractivity contribution in [2.75, 3.05) is 66.6 Å². The number of piperidine rings is 4. The van der Waals surface area contributed by atoms with E-state index in [0.717, 1.165) is 11.1 Å². The number of likely N-dealkylation sites (tertiary alicyclic amines) is 4. The summed E-state index contributed by atoms with van der Waals surface area (Å²) in [6.45, 7) is 7.24. The number of carbonyl (C=O) groups is 6. The molecule has 4 fully saturated rings. The third-order valence-corrected chi connectivity index (χ3v) is 15.9. The smallest absolute Gasteiger partial charge is 0.417 e. The van der Waals surface area contributed by atoms with Crippen molar-refractivity contribution in [3.63, 3.8) is 0 Å². The number of hydrogen-bond acceptors (Lipinski definition) is 14. The van der Waals surface area contributed by atoms with Crippen LogP contribution in [0.1, 0.15) is 89.7 Å². The van der Waals surface area contributed by atoms with Gasteiger partial charge < -0.3 is 28.7 Å². The fraction of sp³-hybridized carbons (Fsp3) is 0.480. The zero-order valence-corrected chi connectivity index (χ0v) is 39.6. The molecule has 4 saturated heterocycles. The SMILES string of the molecule is COc1ccc(C(=O)C2CCN(C3CN(C(=O)c4sccc4C)CCC3OC(=O)C(=O)OC3CCN(C(=O)c4sccc4C)CC3N3CCC(C(=O)c4ccc(OC)cc4)CC3)CC2)cc1. The number of amides is 2. The number of esters is 2. The Morgan fingerprint density at radius 3 is 1.18 bits per heavy atom. The van der Waals surface area contributed by atoms with Crippen molar-refractivity contribution in [2.24, 2.45) is 11.8 Å². The summed E-state index contributed by atoms with van der Waals surface area (Å²) in [6, 6.07) is 17.3. The van der Waals surface area contributed by atoms with E-state index >= 15 is 0 Å². The number of ether oxygens (including phenoxy) is 4. The van der Waals surface area contributed by atoms with Gasteiger partial charge in [-0.15, -0.1) is 22.7 Å². The Bertz CT molecular complexity index is 2220. The fourth-order valence-corrected chi connectivity index (χ4v) is 11.8. The first-order valence-electron chi connectivity index (χ1n) is 22.8. The number of aryl methyl sites for hydroxylation is 2. The minimum Gasteiger partial charge on any atom is -0.497 e. The monoisotopic (exact) mass is 938 g/mol. The van der Waals surface area contributed by atoms with Crippen LogP contribution >= 0.6 is 22.7 Å². The molecule has 66 heavy (non-hydrogen) atoms. The number of hydrogen-bond donors (Lipinski definition) is 0. The third-order valence-electron chi connectivity index (χ3n) is 13.9. The van der Waals surface area contributed by atoms with Crippen molar-refractivity contribution in [3.05, 3.63) is 103 Å². The lowest BCUT2D eigenvalue weighted by molar-refractivity contribution is -0.181. The van der Waals surface area contributed by atoms with Crippen LogP contribution in [0.3, 0.4) is 0 Å². The van der Waals surface area contributed by atoms with Crippen molar-refractivity contribution < 1.29 is 47.7 Å². The highest BCUT2D eigenvalue weighted by molar-refractivity contribution is 7.12. The molecule has 4 aliphatic rings. The number of nitrogens with zero attached hydrogens (tertiary/aromatic N) is 4. The van der Waals surface area contributed by atoms with E-state index in [2.05, 4.69) is 9.80 Å². The van der Waals surface area contributed by atoms with Crippen LogP contribution in [-0.4, -0.2) is 146 Å². The van der Waals surface area contributed by atoms with Crippen molar-refractivity contribution in [2.45, 2.75) is 76.7 Å². The molecule has 2 aromatic carbocycles. The number of benzene rings is 2. The number of rotatable bonds is 12. The Hall–Kier alpha value is -5.42. The molecule has 6 heterocycles. The molecular formula is C50H58N4O10S2. The quantitative estimate of drug-likeness (QED) is 0.0857. The Labute approximate surface area is 393 Å². The average Bonchev–Trinajstić information content (AvgIpc) is 4.00. The van der Waals surface area contributed by atoms with Gasteiger partial charge in [-0.2, -0.15) is 0 Å². The molecule has 4 aromatic rings. The molecule has 0 saturated carbocycles. The second kappa shape index (κ2) is 21.0. The van der Waals surface area contributed by atoms with Gasteiger partial charge in [0, 0.05) is 62.0 Å². The summed E-state index contributed by atoms with van der Waals surface area (Å²) < 4.78 is 22.7. The van der Waals surface area contributed by atoms with E-state index in [9.17, 15) is 28.8 Å². The normalized spacial score (nSPS) is 22.4. The van der Waals surface area contributed by atoms with Gasteiger partial charge in [-0.05, 0) is 148 Å². The second-order valence-electron chi connectivity index (χ2n) is 17.8. The summed E-state index contributed by atoms with van der Waals surface area (Å²) >= 11 is 2.79. The topological polar surface area (TPSA) is 152 Å². The maximum absolute atomic E-state index is 13.9. The minimum absolute atomic E-state index is 0.0678. The molecule has 14 nitrogen and oxygen atoms in total. The number of methoxy groups -OCH3 is 2. The summed E-state index contributed by atoms with van der Waals surface area (Å²) in [5.74, 6) is -1.25. The van der Waals surface area contributed by atoms with Gasteiger partial charge in [0.2, 0.25) is 0 Å².